The fraction of sp³-hybridized carbons (Fsp3) is 0.179. The third-order valence-electron chi connectivity index (χ3n) is 6.00. The van der Waals surface area contributed by atoms with Gasteiger partial charge in [-0.15, -0.1) is 11.6 Å². The first kappa shape index (κ1) is 25.5. The molecule has 182 valence electrons. The lowest BCUT2D eigenvalue weighted by molar-refractivity contribution is 0.0202. The SMILES string of the molecule is CC1(Cl)C(c2ccccc2)=CC=CC1(O)COc1cc(OCc2cncc(C#N)c2)c(C=O)cc1Cl. The number of alkyl halides is 1. The molecule has 1 aliphatic carbocycles. The van der Waals surface area contributed by atoms with Crippen LogP contribution >= 0.6 is 23.2 Å². The molecule has 0 aliphatic heterocycles. The molecule has 2 unspecified atom stereocenters. The van der Waals surface area contributed by atoms with E-state index in [1.807, 2.05) is 42.5 Å². The zero-order valence-corrected chi connectivity index (χ0v) is 20.8. The van der Waals surface area contributed by atoms with Crippen LogP contribution < -0.4 is 9.47 Å². The number of aromatic nitrogens is 1. The van der Waals surface area contributed by atoms with E-state index in [0.717, 1.165) is 11.1 Å². The molecule has 3 aromatic rings. The Morgan fingerprint density at radius 2 is 1.92 bits per heavy atom. The lowest BCUT2D eigenvalue weighted by Gasteiger charge is -2.42. The van der Waals surface area contributed by atoms with Crippen LogP contribution in [0.2, 0.25) is 5.02 Å². The Bertz CT molecular complexity index is 1380. The fourth-order valence-electron chi connectivity index (χ4n) is 3.87. The first-order valence-electron chi connectivity index (χ1n) is 11.0. The van der Waals surface area contributed by atoms with Crippen LogP contribution in [0.3, 0.4) is 0 Å². The second-order valence-corrected chi connectivity index (χ2v) is 9.61. The van der Waals surface area contributed by atoms with E-state index >= 15 is 0 Å². The number of carbonyl (C=O) groups is 1. The second-order valence-electron chi connectivity index (χ2n) is 8.44. The molecule has 0 fully saturated rings. The van der Waals surface area contributed by atoms with Crippen molar-refractivity contribution in [2.75, 3.05) is 6.61 Å². The van der Waals surface area contributed by atoms with E-state index in [0.29, 0.717) is 17.4 Å². The minimum Gasteiger partial charge on any atom is -0.488 e. The van der Waals surface area contributed by atoms with Crippen LogP contribution in [-0.2, 0) is 6.61 Å². The Kier molecular flexibility index (Phi) is 7.46. The van der Waals surface area contributed by atoms with Crippen LogP contribution in [0.1, 0.15) is 34.0 Å². The lowest BCUT2D eigenvalue weighted by atomic mass is 9.76. The highest BCUT2D eigenvalue weighted by Gasteiger charge is 2.49. The number of hydrogen-bond acceptors (Lipinski definition) is 6. The summed E-state index contributed by atoms with van der Waals surface area (Å²) < 4.78 is 11.7. The van der Waals surface area contributed by atoms with Gasteiger partial charge in [-0.25, -0.2) is 0 Å². The van der Waals surface area contributed by atoms with E-state index in [1.165, 1.54) is 18.3 Å². The number of nitrogens with zero attached hydrogens (tertiary/aromatic N) is 2. The quantitative estimate of drug-likeness (QED) is 0.299. The van der Waals surface area contributed by atoms with Gasteiger partial charge in [0.1, 0.15) is 41.3 Å². The fourth-order valence-corrected chi connectivity index (χ4v) is 4.39. The van der Waals surface area contributed by atoms with Crippen molar-refractivity contribution in [3.63, 3.8) is 0 Å². The standard InChI is InChI=1S/C28H22Cl2N2O4/c1-27(30)23(21-6-3-2-4-7-21)8-5-9-28(27,34)18-36-26-12-25(22(16-33)11-24(26)29)35-17-20-10-19(13-31)14-32-15-20/h2-12,14-16,34H,17-18H2,1H3. The van der Waals surface area contributed by atoms with Crippen molar-refractivity contribution in [3.8, 4) is 17.6 Å². The van der Waals surface area contributed by atoms with Crippen molar-refractivity contribution in [3.05, 3.63) is 106 Å². The molecule has 6 nitrogen and oxygen atoms in total. The summed E-state index contributed by atoms with van der Waals surface area (Å²) in [4.78, 5) is 14.4. The molecule has 0 saturated carbocycles. The van der Waals surface area contributed by atoms with E-state index in [9.17, 15) is 9.90 Å². The summed E-state index contributed by atoms with van der Waals surface area (Å²) in [6, 6.07) is 16.1. The summed E-state index contributed by atoms with van der Waals surface area (Å²) in [6.07, 6.45) is 8.84. The van der Waals surface area contributed by atoms with E-state index in [1.54, 1.807) is 31.3 Å². The van der Waals surface area contributed by atoms with Gasteiger partial charge < -0.3 is 14.6 Å². The minimum atomic E-state index is -1.56. The van der Waals surface area contributed by atoms with E-state index in [-0.39, 0.29) is 35.3 Å². The predicted molar refractivity (Wildman–Crippen MR) is 138 cm³/mol. The number of ether oxygens (including phenoxy) is 2. The Morgan fingerprint density at radius 1 is 1.14 bits per heavy atom. The van der Waals surface area contributed by atoms with Crippen molar-refractivity contribution in [2.45, 2.75) is 24.0 Å². The highest BCUT2D eigenvalue weighted by atomic mass is 35.5. The topological polar surface area (TPSA) is 92.4 Å². The summed E-state index contributed by atoms with van der Waals surface area (Å²) in [5.41, 5.74) is 1.35. The Hall–Kier alpha value is -3.63. The molecular formula is C28H22Cl2N2O4. The molecule has 0 amide bonds. The molecule has 1 N–H and O–H groups in total. The molecule has 36 heavy (non-hydrogen) atoms. The number of carbonyl (C=O) groups excluding carboxylic acids is 1. The molecule has 1 heterocycles. The molecule has 1 aromatic heterocycles. The average molecular weight is 521 g/mol. The molecule has 4 rings (SSSR count). The molecular weight excluding hydrogens is 499 g/mol. The summed E-state index contributed by atoms with van der Waals surface area (Å²) in [6.45, 7) is 1.60. The first-order valence-corrected chi connectivity index (χ1v) is 11.8. The van der Waals surface area contributed by atoms with Gasteiger partial charge in [-0.3, -0.25) is 9.78 Å². The first-order chi connectivity index (χ1) is 17.3. The number of aliphatic hydroxyl groups is 1. The number of aldehydes is 1. The Labute approximate surface area is 219 Å². The molecule has 0 saturated heterocycles. The van der Waals surface area contributed by atoms with Crippen LogP contribution in [0.15, 0.2) is 79.2 Å². The number of benzene rings is 2. The lowest BCUT2D eigenvalue weighted by Crippen LogP contribution is -2.52. The Morgan fingerprint density at radius 3 is 2.64 bits per heavy atom. The van der Waals surface area contributed by atoms with Gasteiger partial charge in [0.05, 0.1) is 16.1 Å². The predicted octanol–water partition coefficient (Wildman–Crippen LogP) is 5.76. The minimum absolute atomic E-state index is 0.0715. The summed E-state index contributed by atoms with van der Waals surface area (Å²) >= 11 is 13.3. The monoisotopic (exact) mass is 520 g/mol. The molecule has 1 aliphatic rings. The number of halogens is 2. The van der Waals surface area contributed by atoms with E-state index in [4.69, 9.17) is 37.9 Å². The number of hydrogen-bond donors (Lipinski definition) is 1. The zero-order valence-electron chi connectivity index (χ0n) is 19.3. The van der Waals surface area contributed by atoms with Gasteiger partial charge in [0.15, 0.2) is 6.29 Å². The van der Waals surface area contributed by atoms with Crippen molar-refractivity contribution >= 4 is 35.1 Å². The summed E-state index contributed by atoms with van der Waals surface area (Å²) in [5, 5.41) is 20.7. The van der Waals surface area contributed by atoms with Crippen LogP contribution in [0.4, 0.5) is 0 Å². The van der Waals surface area contributed by atoms with Crippen molar-refractivity contribution in [1.29, 1.82) is 5.26 Å². The zero-order chi connectivity index (χ0) is 25.8. The highest BCUT2D eigenvalue weighted by molar-refractivity contribution is 6.32. The summed E-state index contributed by atoms with van der Waals surface area (Å²) in [5.74, 6) is 0.447. The molecule has 0 spiro atoms. The highest BCUT2D eigenvalue weighted by Crippen LogP contribution is 2.45. The van der Waals surface area contributed by atoms with Gasteiger partial charge in [0.25, 0.3) is 0 Å². The van der Waals surface area contributed by atoms with Crippen molar-refractivity contribution in [2.24, 2.45) is 0 Å². The van der Waals surface area contributed by atoms with Crippen molar-refractivity contribution < 1.29 is 19.4 Å². The van der Waals surface area contributed by atoms with Crippen LogP contribution in [0.5, 0.6) is 11.5 Å². The van der Waals surface area contributed by atoms with Gasteiger partial charge in [0.2, 0.25) is 0 Å². The Balaban J connectivity index is 1.55. The maximum absolute atomic E-state index is 11.6. The maximum atomic E-state index is 11.6. The summed E-state index contributed by atoms with van der Waals surface area (Å²) in [7, 11) is 0. The van der Waals surface area contributed by atoms with Crippen LogP contribution in [0.25, 0.3) is 5.57 Å². The molecule has 2 atom stereocenters. The maximum Gasteiger partial charge on any atom is 0.153 e. The molecule has 2 aromatic carbocycles. The van der Waals surface area contributed by atoms with Crippen molar-refractivity contribution in [1.82, 2.24) is 4.98 Å². The van der Waals surface area contributed by atoms with Gasteiger partial charge in [-0.05, 0) is 36.3 Å². The third-order valence-corrected chi connectivity index (χ3v) is 6.82. The van der Waals surface area contributed by atoms with Gasteiger partial charge in [-0.1, -0.05) is 54.1 Å². The largest absolute Gasteiger partial charge is 0.488 e. The van der Waals surface area contributed by atoms with Crippen LogP contribution in [-0.4, -0.2) is 33.5 Å². The average Bonchev–Trinajstić information content (AvgIpc) is 2.89. The van der Waals surface area contributed by atoms with E-state index in [2.05, 4.69) is 4.98 Å². The van der Waals surface area contributed by atoms with E-state index < -0.39 is 10.5 Å². The van der Waals surface area contributed by atoms with Gasteiger partial charge >= 0.3 is 0 Å². The molecule has 8 heteroatoms. The molecule has 0 radical (unpaired) electrons. The second kappa shape index (κ2) is 10.5. The molecule has 0 bridgehead atoms. The number of pyridine rings is 1. The number of rotatable bonds is 8. The van der Waals surface area contributed by atoms with Crippen LogP contribution in [0, 0.1) is 11.3 Å². The van der Waals surface area contributed by atoms with Gasteiger partial charge in [-0.2, -0.15) is 5.26 Å². The third kappa shape index (κ3) is 5.14. The number of allylic oxidation sites excluding steroid dienone is 2. The normalized spacial score (nSPS) is 20.8. The van der Waals surface area contributed by atoms with Gasteiger partial charge in [0, 0.05) is 24.0 Å². The number of nitriles is 1. The smallest absolute Gasteiger partial charge is 0.153 e.